The normalized spacial score (nSPS) is 15.4. The van der Waals surface area contributed by atoms with Crippen molar-refractivity contribution in [2.75, 3.05) is 13.2 Å². The summed E-state index contributed by atoms with van der Waals surface area (Å²) in [6, 6.07) is 10.1. The zero-order chi connectivity index (χ0) is 21.3. The van der Waals surface area contributed by atoms with Crippen LogP contribution in [0.15, 0.2) is 30.3 Å². The number of benzene rings is 1. The van der Waals surface area contributed by atoms with E-state index in [1.807, 2.05) is 35.2 Å². The van der Waals surface area contributed by atoms with E-state index in [1.165, 1.54) is 89.9 Å². The first kappa shape index (κ1) is 24.8. The van der Waals surface area contributed by atoms with Crippen LogP contribution in [-0.4, -0.2) is 30.0 Å². The molecule has 0 aliphatic carbocycles. The van der Waals surface area contributed by atoms with Gasteiger partial charge in [0.25, 0.3) is 0 Å². The van der Waals surface area contributed by atoms with E-state index < -0.39 is 0 Å². The molecule has 0 unspecified atom stereocenters. The van der Waals surface area contributed by atoms with Gasteiger partial charge in [0.05, 0.1) is 6.04 Å². The number of unbranched alkanes of at least 4 members (excludes halogenated alkanes) is 14. The SMILES string of the molecule is CCCCCCCCCCCCCCCCCC(=O)N1C[C@@H]1COc1ccccc1. The first-order valence-corrected chi connectivity index (χ1v) is 12.8. The van der Waals surface area contributed by atoms with E-state index >= 15 is 0 Å². The van der Waals surface area contributed by atoms with Crippen molar-refractivity contribution in [1.29, 1.82) is 0 Å². The summed E-state index contributed by atoms with van der Waals surface area (Å²) in [6.45, 7) is 3.77. The molecule has 1 aromatic carbocycles. The second-order valence-electron chi connectivity index (χ2n) is 9.02. The highest BCUT2D eigenvalue weighted by Crippen LogP contribution is 2.22. The molecule has 0 radical (unpaired) electrons. The molecule has 1 fully saturated rings. The molecule has 1 amide bonds. The van der Waals surface area contributed by atoms with Gasteiger partial charge in [-0.15, -0.1) is 0 Å². The highest BCUT2D eigenvalue weighted by atomic mass is 16.5. The lowest BCUT2D eigenvalue weighted by Gasteiger charge is -2.07. The van der Waals surface area contributed by atoms with Crippen LogP contribution in [0.4, 0.5) is 0 Å². The largest absolute Gasteiger partial charge is 0.491 e. The molecular formula is C27H45NO2. The van der Waals surface area contributed by atoms with Crippen molar-refractivity contribution in [3.05, 3.63) is 30.3 Å². The molecule has 1 aromatic rings. The fourth-order valence-corrected chi connectivity index (χ4v) is 4.13. The van der Waals surface area contributed by atoms with Crippen LogP contribution >= 0.6 is 0 Å². The lowest BCUT2D eigenvalue weighted by atomic mass is 10.0. The van der Waals surface area contributed by atoms with Crippen LogP contribution in [-0.2, 0) is 4.79 Å². The Kier molecular flexibility index (Phi) is 13.4. The molecule has 0 bridgehead atoms. The fourth-order valence-electron chi connectivity index (χ4n) is 4.13. The Morgan fingerprint density at radius 2 is 1.30 bits per heavy atom. The number of para-hydroxylation sites is 1. The van der Waals surface area contributed by atoms with E-state index in [-0.39, 0.29) is 6.04 Å². The molecule has 0 aromatic heterocycles. The number of amides is 1. The summed E-state index contributed by atoms with van der Waals surface area (Å²) in [7, 11) is 0. The van der Waals surface area contributed by atoms with E-state index in [1.54, 1.807) is 0 Å². The molecule has 0 spiro atoms. The van der Waals surface area contributed by atoms with Gasteiger partial charge >= 0.3 is 0 Å². The van der Waals surface area contributed by atoms with E-state index in [0.717, 1.165) is 18.7 Å². The smallest absolute Gasteiger partial charge is 0.223 e. The quantitative estimate of drug-likeness (QED) is 0.172. The predicted molar refractivity (Wildman–Crippen MR) is 127 cm³/mol. The van der Waals surface area contributed by atoms with Crippen LogP contribution in [0, 0.1) is 0 Å². The van der Waals surface area contributed by atoms with Crippen molar-refractivity contribution in [3.63, 3.8) is 0 Å². The average molecular weight is 416 g/mol. The Morgan fingerprint density at radius 1 is 0.800 bits per heavy atom. The minimum absolute atomic E-state index is 0.286. The molecule has 2 rings (SSSR count). The summed E-state index contributed by atoms with van der Waals surface area (Å²) in [6.07, 6.45) is 21.1. The standard InChI is InChI=1S/C27H45NO2/c1-2-3-4-5-6-7-8-9-10-11-12-13-14-15-19-22-27(29)28-23-25(28)24-30-26-20-17-16-18-21-26/h16-18,20-21,25H,2-15,19,22-24H2,1H3/t25-,28?/m1/s1. The lowest BCUT2D eigenvalue weighted by molar-refractivity contribution is -0.126. The molecule has 3 nitrogen and oxygen atoms in total. The third kappa shape index (κ3) is 11.6. The van der Waals surface area contributed by atoms with Gasteiger partial charge in [0, 0.05) is 13.0 Å². The maximum absolute atomic E-state index is 12.2. The molecule has 1 aliphatic heterocycles. The topological polar surface area (TPSA) is 29.3 Å². The van der Waals surface area contributed by atoms with Crippen molar-refractivity contribution in [3.8, 4) is 5.75 Å². The Balaban J connectivity index is 1.31. The van der Waals surface area contributed by atoms with Crippen LogP contribution in [0.3, 0.4) is 0 Å². The van der Waals surface area contributed by atoms with Gasteiger partial charge in [-0.2, -0.15) is 0 Å². The zero-order valence-electron chi connectivity index (χ0n) is 19.5. The van der Waals surface area contributed by atoms with Crippen LogP contribution in [0.2, 0.25) is 0 Å². The highest BCUT2D eigenvalue weighted by molar-refractivity contribution is 5.78. The van der Waals surface area contributed by atoms with E-state index in [4.69, 9.17) is 4.74 Å². The molecule has 170 valence electrons. The Labute approximate surface area is 185 Å². The van der Waals surface area contributed by atoms with Crippen molar-refractivity contribution in [2.45, 2.75) is 116 Å². The molecule has 0 N–H and O–H groups in total. The van der Waals surface area contributed by atoms with Crippen LogP contribution < -0.4 is 4.74 Å². The molecule has 0 saturated carbocycles. The fraction of sp³-hybridized carbons (Fsp3) is 0.741. The van der Waals surface area contributed by atoms with Gasteiger partial charge in [-0.3, -0.25) is 4.79 Å². The van der Waals surface area contributed by atoms with Crippen molar-refractivity contribution in [2.24, 2.45) is 0 Å². The van der Waals surface area contributed by atoms with E-state index in [9.17, 15) is 4.79 Å². The lowest BCUT2D eigenvalue weighted by Crippen LogP contribution is -2.17. The monoisotopic (exact) mass is 415 g/mol. The summed E-state index contributed by atoms with van der Waals surface area (Å²) in [5, 5.41) is 0. The number of nitrogens with zero attached hydrogens (tertiary/aromatic N) is 1. The zero-order valence-corrected chi connectivity index (χ0v) is 19.5. The number of carbonyl (C=O) groups excluding carboxylic acids is 1. The Morgan fingerprint density at radius 3 is 1.83 bits per heavy atom. The Bertz CT molecular complexity index is 545. The molecule has 1 atom stereocenters. The summed E-state index contributed by atoms with van der Waals surface area (Å²) >= 11 is 0. The first-order chi connectivity index (χ1) is 14.8. The minimum Gasteiger partial charge on any atom is -0.491 e. The van der Waals surface area contributed by atoms with Gasteiger partial charge in [0.15, 0.2) is 0 Å². The summed E-state index contributed by atoms with van der Waals surface area (Å²) in [4.78, 5) is 14.2. The molecular weight excluding hydrogens is 370 g/mol. The minimum atomic E-state index is 0.286. The third-order valence-corrected chi connectivity index (χ3v) is 6.21. The third-order valence-electron chi connectivity index (χ3n) is 6.21. The molecule has 1 saturated heterocycles. The molecule has 3 heteroatoms. The van der Waals surface area contributed by atoms with Crippen LogP contribution in [0.5, 0.6) is 5.75 Å². The summed E-state index contributed by atoms with van der Waals surface area (Å²) < 4.78 is 5.75. The van der Waals surface area contributed by atoms with Crippen molar-refractivity contribution in [1.82, 2.24) is 4.90 Å². The average Bonchev–Trinajstić information content (AvgIpc) is 3.55. The second-order valence-corrected chi connectivity index (χ2v) is 9.02. The second kappa shape index (κ2) is 16.2. The maximum Gasteiger partial charge on any atom is 0.223 e. The number of carbonyl (C=O) groups is 1. The van der Waals surface area contributed by atoms with Crippen LogP contribution in [0.25, 0.3) is 0 Å². The van der Waals surface area contributed by atoms with Gasteiger partial charge < -0.3 is 9.64 Å². The first-order valence-electron chi connectivity index (χ1n) is 12.8. The summed E-state index contributed by atoms with van der Waals surface area (Å²) in [5.74, 6) is 1.20. The number of ether oxygens (including phenoxy) is 1. The maximum atomic E-state index is 12.2. The van der Waals surface area contributed by atoms with Gasteiger partial charge in [-0.05, 0) is 18.6 Å². The Hall–Kier alpha value is -1.51. The number of hydrogen-bond donors (Lipinski definition) is 0. The van der Waals surface area contributed by atoms with Gasteiger partial charge in [-0.25, -0.2) is 0 Å². The number of rotatable bonds is 19. The van der Waals surface area contributed by atoms with E-state index in [2.05, 4.69) is 6.92 Å². The highest BCUT2D eigenvalue weighted by Gasteiger charge is 2.38. The van der Waals surface area contributed by atoms with Gasteiger partial charge in [0.1, 0.15) is 12.4 Å². The predicted octanol–water partition coefficient (Wildman–Crippen LogP) is 7.54. The van der Waals surface area contributed by atoms with Crippen molar-refractivity contribution < 1.29 is 9.53 Å². The molecule has 30 heavy (non-hydrogen) atoms. The summed E-state index contributed by atoms with van der Waals surface area (Å²) in [5.41, 5.74) is 0. The number of hydrogen-bond acceptors (Lipinski definition) is 2. The van der Waals surface area contributed by atoms with Gasteiger partial charge in [0.2, 0.25) is 5.91 Å². The van der Waals surface area contributed by atoms with Crippen molar-refractivity contribution >= 4 is 5.91 Å². The van der Waals surface area contributed by atoms with Crippen LogP contribution in [0.1, 0.15) is 110 Å². The van der Waals surface area contributed by atoms with E-state index in [0.29, 0.717) is 18.9 Å². The molecule has 1 heterocycles. The van der Waals surface area contributed by atoms with Gasteiger partial charge in [-0.1, -0.05) is 115 Å². The molecule has 1 aliphatic rings.